The van der Waals surface area contributed by atoms with Gasteiger partial charge in [-0.1, -0.05) is 17.7 Å². The number of hydrogen-bond donors (Lipinski definition) is 1. The molecule has 3 nitrogen and oxygen atoms in total. The van der Waals surface area contributed by atoms with Crippen LogP contribution in [-0.4, -0.2) is 17.1 Å². The molecule has 0 saturated carbocycles. The standard InChI is InChI=1S/C9H13ClN2O/c1-9(2,11)6-13-8-5-3-4-7(10)12-8/h3-5H,6,11H2,1-2H3. The van der Waals surface area contributed by atoms with Crippen molar-refractivity contribution in [3.05, 3.63) is 23.4 Å². The van der Waals surface area contributed by atoms with Crippen molar-refractivity contribution < 1.29 is 4.74 Å². The lowest BCUT2D eigenvalue weighted by molar-refractivity contribution is 0.235. The first kappa shape index (κ1) is 10.3. The lowest BCUT2D eigenvalue weighted by atomic mass is 10.1. The highest BCUT2D eigenvalue weighted by Crippen LogP contribution is 2.12. The molecule has 0 unspecified atom stereocenters. The normalized spacial score (nSPS) is 11.4. The van der Waals surface area contributed by atoms with Gasteiger partial charge in [0.1, 0.15) is 11.8 Å². The van der Waals surface area contributed by atoms with Crippen molar-refractivity contribution in [1.82, 2.24) is 4.98 Å². The summed E-state index contributed by atoms with van der Waals surface area (Å²) in [6, 6.07) is 5.23. The van der Waals surface area contributed by atoms with Gasteiger partial charge in [-0.3, -0.25) is 0 Å². The largest absolute Gasteiger partial charge is 0.476 e. The second-order valence-electron chi connectivity index (χ2n) is 3.58. The van der Waals surface area contributed by atoms with E-state index in [4.69, 9.17) is 22.1 Å². The Balaban J connectivity index is 2.55. The van der Waals surface area contributed by atoms with Crippen LogP contribution in [0.15, 0.2) is 18.2 Å². The molecule has 0 radical (unpaired) electrons. The fraction of sp³-hybridized carbons (Fsp3) is 0.444. The third kappa shape index (κ3) is 4.10. The van der Waals surface area contributed by atoms with Gasteiger partial charge in [-0.25, -0.2) is 4.98 Å². The molecular weight excluding hydrogens is 188 g/mol. The fourth-order valence-electron chi connectivity index (χ4n) is 0.730. The molecule has 0 bridgehead atoms. The van der Waals surface area contributed by atoms with Gasteiger partial charge in [-0.15, -0.1) is 0 Å². The van der Waals surface area contributed by atoms with Crippen LogP contribution in [-0.2, 0) is 0 Å². The van der Waals surface area contributed by atoms with Crippen LogP contribution >= 0.6 is 11.6 Å². The molecule has 0 spiro atoms. The van der Waals surface area contributed by atoms with Crippen molar-refractivity contribution in [3.63, 3.8) is 0 Å². The lowest BCUT2D eigenvalue weighted by Gasteiger charge is -2.18. The van der Waals surface area contributed by atoms with Crippen molar-refractivity contribution in [2.45, 2.75) is 19.4 Å². The summed E-state index contributed by atoms with van der Waals surface area (Å²) in [7, 11) is 0. The number of rotatable bonds is 3. The topological polar surface area (TPSA) is 48.1 Å². The molecule has 1 rings (SSSR count). The summed E-state index contributed by atoms with van der Waals surface area (Å²) in [5, 5.41) is 0.423. The molecular formula is C9H13ClN2O. The molecule has 0 aliphatic carbocycles. The van der Waals surface area contributed by atoms with Gasteiger partial charge in [0.15, 0.2) is 0 Å². The van der Waals surface area contributed by atoms with Gasteiger partial charge in [0.05, 0.1) is 0 Å². The van der Waals surface area contributed by atoms with Crippen LogP contribution in [0.2, 0.25) is 5.15 Å². The van der Waals surface area contributed by atoms with Gasteiger partial charge in [0.2, 0.25) is 5.88 Å². The Morgan fingerprint density at radius 1 is 1.54 bits per heavy atom. The van der Waals surface area contributed by atoms with E-state index in [-0.39, 0.29) is 5.54 Å². The van der Waals surface area contributed by atoms with E-state index in [1.165, 1.54) is 0 Å². The summed E-state index contributed by atoms with van der Waals surface area (Å²) >= 11 is 5.67. The van der Waals surface area contributed by atoms with E-state index in [9.17, 15) is 0 Å². The van der Waals surface area contributed by atoms with Crippen LogP contribution < -0.4 is 10.5 Å². The number of pyridine rings is 1. The minimum Gasteiger partial charge on any atom is -0.476 e. The Bertz CT molecular complexity index is 283. The second-order valence-corrected chi connectivity index (χ2v) is 3.96. The molecule has 72 valence electrons. The SMILES string of the molecule is CC(C)(N)COc1cccc(Cl)n1. The first-order valence-corrected chi connectivity index (χ1v) is 4.39. The quantitative estimate of drug-likeness (QED) is 0.758. The van der Waals surface area contributed by atoms with E-state index >= 15 is 0 Å². The number of nitrogens with zero attached hydrogens (tertiary/aromatic N) is 1. The summed E-state index contributed by atoms with van der Waals surface area (Å²) in [5.41, 5.74) is 5.38. The number of ether oxygens (including phenoxy) is 1. The maximum absolute atomic E-state index is 5.74. The van der Waals surface area contributed by atoms with Crippen LogP contribution in [0.25, 0.3) is 0 Å². The predicted octanol–water partition coefficient (Wildman–Crippen LogP) is 1.85. The fourth-order valence-corrected chi connectivity index (χ4v) is 0.886. The molecule has 13 heavy (non-hydrogen) atoms. The maximum atomic E-state index is 5.74. The molecule has 0 aliphatic rings. The van der Waals surface area contributed by atoms with Crippen LogP contribution in [0.3, 0.4) is 0 Å². The molecule has 0 saturated heterocycles. The highest BCUT2D eigenvalue weighted by atomic mass is 35.5. The van der Waals surface area contributed by atoms with Gasteiger partial charge >= 0.3 is 0 Å². The average Bonchev–Trinajstić information content (AvgIpc) is 2.00. The third-order valence-corrected chi connectivity index (χ3v) is 1.49. The van der Waals surface area contributed by atoms with E-state index in [1.807, 2.05) is 13.8 Å². The number of hydrogen-bond acceptors (Lipinski definition) is 3. The average molecular weight is 201 g/mol. The minimum absolute atomic E-state index is 0.357. The summed E-state index contributed by atoms with van der Waals surface area (Å²) in [6.45, 7) is 4.19. The first-order chi connectivity index (χ1) is 5.97. The summed E-state index contributed by atoms with van der Waals surface area (Å²) < 4.78 is 5.33. The van der Waals surface area contributed by atoms with Crippen LogP contribution in [0.1, 0.15) is 13.8 Å². The summed E-state index contributed by atoms with van der Waals surface area (Å²) in [6.07, 6.45) is 0. The Hall–Kier alpha value is -0.800. The maximum Gasteiger partial charge on any atom is 0.214 e. The molecule has 0 atom stereocenters. The monoisotopic (exact) mass is 200 g/mol. The zero-order valence-corrected chi connectivity index (χ0v) is 8.51. The van der Waals surface area contributed by atoms with E-state index in [0.717, 1.165) is 0 Å². The zero-order valence-electron chi connectivity index (χ0n) is 7.75. The van der Waals surface area contributed by atoms with E-state index in [1.54, 1.807) is 18.2 Å². The number of nitrogens with two attached hydrogens (primary N) is 1. The molecule has 0 fully saturated rings. The Kier molecular flexibility index (Phi) is 3.12. The number of aromatic nitrogens is 1. The Morgan fingerprint density at radius 3 is 2.77 bits per heavy atom. The van der Waals surface area contributed by atoms with Gasteiger partial charge in [0, 0.05) is 11.6 Å². The summed E-state index contributed by atoms with van der Waals surface area (Å²) in [5.74, 6) is 0.506. The second kappa shape index (κ2) is 3.94. The van der Waals surface area contributed by atoms with Crippen LogP contribution in [0, 0.1) is 0 Å². The molecule has 0 aromatic carbocycles. The molecule has 1 heterocycles. The molecule has 1 aromatic rings. The highest BCUT2D eigenvalue weighted by molar-refractivity contribution is 6.29. The van der Waals surface area contributed by atoms with Crippen molar-refractivity contribution in [2.24, 2.45) is 5.73 Å². The van der Waals surface area contributed by atoms with Crippen LogP contribution in [0.4, 0.5) is 0 Å². The first-order valence-electron chi connectivity index (χ1n) is 4.02. The van der Waals surface area contributed by atoms with Crippen LogP contribution in [0.5, 0.6) is 5.88 Å². The molecule has 0 aliphatic heterocycles. The van der Waals surface area contributed by atoms with Gasteiger partial charge in [-0.2, -0.15) is 0 Å². The minimum atomic E-state index is -0.357. The molecule has 2 N–H and O–H groups in total. The zero-order chi connectivity index (χ0) is 9.90. The van der Waals surface area contributed by atoms with Crippen molar-refractivity contribution in [3.8, 4) is 5.88 Å². The third-order valence-electron chi connectivity index (χ3n) is 1.28. The molecule has 4 heteroatoms. The van der Waals surface area contributed by atoms with Crippen molar-refractivity contribution in [2.75, 3.05) is 6.61 Å². The smallest absolute Gasteiger partial charge is 0.214 e. The lowest BCUT2D eigenvalue weighted by Crippen LogP contribution is -2.38. The predicted molar refractivity (Wildman–Crippen MR) is 53.0 cm³/mol. The number of halogens is 1. The highest BCUT2D eigenvalue weighted by Gasteiger charge is 2.11. The molecule has 1 aromatic heterocycles. The molecule has 0 amide bonds. The van der Waals surface area contributed by atoms with Crippen molar-refractivity contribution >= 4 is 11.6 Å². The van der Waals surface area contributed by atoms with E-state index in [0.29, 0.717) is 17.6 Å². The van der Waals surface area contributed by atoms with E-state index in [2.05, 4.69) is 4.98 Å². The van der Waals surface area contributed by atoms with E-state index < -0.39 is 0 Å². The van der Waals surface area contributed by atoms with Gasteiger partial charge in [-0.05, 0) is 19.9 Å². The van der Waals surface area contributed by atoms with Crippen molar-refractivity contribution in [1.29, 1.82) is 0 Å². The van der Waals surface area contributed by atoms with Gasteiger partial charge < -0.3 is 10.5 Å². The Labute approximate surface area is 82.9 Å². The Morgan fingerprint density at radius 2 is 2.23 bits per heavy atom. The van der Waals surface area contributed by atoms with Gasteiger partial charge in [0.25, 0.3) is 0 Å². The summed E-state index contributed by atoms with van der Waals surface area (Å²) in [4.78, 5) is 3.96.